The van der Waals surface area contributed by atoms with E-state index in [1.807, 2.05) is 0 Å². The first-order chi connectivity index (χ1) is 3.77. The van der Waals surface area contributed by atoms with Gasteiger partial charge >= 0.3 is 5.97 Å². The van der Waals surface area contributed by atoms with E-state index in [9.17, 15) is 9.18 Å². The lowest BCUT2D eigenvalue weighted by Gasteiger charge is -1.79. The van der Waals surface area contributed by atoms with Crippen molar-refractivity contribution >= 4 is 5.97 Å². The summed E-state index contributed by atoms with van der Waals surface area (Å²) in [5.41, 5.74) is 0. The molecule has 0 unspecified atom stereocenters. The van der Waals surface area contributed by atoms with Gasteiger partial charge in [0.1, 0.15) is 6.67 Å². The molecule has 0 aliphatic rings. The lowest BCUT2D eigenvalue weighted by Crippen LogP contribution is -1.89. The van der Waals surface area contributed by atoms with Crippen LogP contribution in [0.3, 0.4) is 0 Å². The van der Waals surface area contributed by atoms with Gasteiger partial charge in [-0.15, -0.1) is 0 Å². The van der Waals surface area contributed by atoms with Crippen molar-refractivity contribution in [1.82, 2.24) is 0 Å². The van der Waals surface area contributed by atoms with Crippen molar-refractivity contribution in [3.8, 4) is 0 Å². The van der Waals surface area contributed by atoms with Gasteiger partial charge in [0.15, 0.2) is 0 Å². The number of hydrogen-bond acceptors (Lipinski definition) is 1. The maximum atomic E-state index is 11.2. The minimum absolute atomic E-state index is 0.0933. The molecule has 0 rings (SSSR count). The molecular weight excluding hydrogens is 111 g/mol. The van der Waals surface area contributed by atoms with E-state index in [1.54, 1.807) is 0 Å². The summed E-state index contributed by atoms with van der Waals surface area (Å²) in [6.45, 7) is -0.590. The van der Waals surface area contributed by atoms with E-state index < -0.39 is 12.6 Å². The largest absolute Gasteiger partial charge is 0.481 e. The molecule has 0 amide bonds. The van der Waals surface area contributed by atoms with E-state index >= 15 is 0 Å². The Balaban J connectivity index is 3.16. The van der Waals surface area contributed by atoms with Crippen LogP contribution >= 0.6 is 0 Å². The molecule has 0 heterocycles. The smallest absolute Gasteiger partial charge is 0.307 e. The molecule has 0 radical (unpaired) electrons. The number of rotatable bonds is 3. The second kappa shape index (κ2) is 4.30. The fourth-order valence-electron chi connectivity index (χ4n) is 0.247. The van der Waals surface area contributed by atoms with Crippen molar-refractivity contribution in [3.63, 3.8) is 0 Å². The molecule has 0 bridgehead atoms. The van der Waals surface area contributed by atoms with Gasteiger partial charge in [0, 0.05) is 0 Å². The van der Waals surface area contributed by atoms with Crippen molar-refractivity contribution < 1.29 is 14.3 Å². The molecule has 0 spiro atoms. The maximum absolute atomic E-state index is 11.2. The Hall–Kier alpha value is -0.860. The first kappa shape index (κ1) is 7.14. The fourth-order valence-corrected chi connectivity index (χ4v) is 0.247. The van der Waals surface area contributed by atoms with E-state index in [0.717, 1.165) is 0 Å². The average Bonchev–Trinajstić information content (AvgIpc) is 1.66. The van der Waals surface area contributed by atoms with Crippen LogP contribution in [0, 0.1) is 0 Å². The summed E-state index contributed by atoms with van der Waals surface area (Å²) in [5, 5.41) is 7.97. The molecular formula is C5H7FO2. The molecule has 1 N–H and O–H groups in total. The van der Waals surface area contributed by atoms with E-state index in [-0.39, 0.29) is 6.42 Å². The summed E-state index contributed by atoms with van der Waals surface area (Å²) in [6, 6.07) is 0. The van der Waals surface area contributed by atoms with E-state index in [0.29, 0.717) is 0 Å². The number of allylic oxidation sites excluding steroid dienone is 1. The molecule has 0 aromatic heterocycles. The quantitative estimate of drug-likeness (QED) is 0.561. The maximum Gasteiger partial charge on any atom is 0.307 e. The SMILES string of the molecule is O=C(O)C/C=C/CF. The van der Waals surface area contributed by atoms with Crippen LogP contribution in [-0.4, -0.2) is 17.8 Å². The van der Waals surface area contributed by atoms with Gasteiger partial charge in [-0.1, -0.05) is 12.2 Å². The molecule has 2 nitrogen and oxygen atoms in total. The van der Waals surface area contributed by atoms with Gasteiger partial charge in [0.2, 0.25) is 0 Å². The summed E-state index contributed by atoms with van der Waals surface area (Å²) in [5.74, 6) is -0.935. The van der Waals surface area contributed by atoms with Crippen LogP contribution in [0.2, 0.25) is 0 Å². The number of aliphatic carboxylic acids is 1. The standard InChI is InChI=1S/C5H7FO2/c6-4-2-1-3-5(7)8/h1-2H,3-4H2,(H,7,8)/b2-1+. The molecule has 0 fully saturated rings. The number of carbonyl (C=O) groups is 1. The molecule has 46 valence electrons. The van der Waals surface area contributed by atoms with Crippen molar-refractivity contribution in [3.05, 3.63) is 12.2 Å². The molecule has 0 saturated heterocycles. The molecule has 0 atom stereocenters. The number of alkyl halides is 1. The second-order valence-electron chi connectivity index (χ2n) is 1.22. The van der Waals surface area contributed by atoms with Gasteiger partial charge in [-0.05, 0) is 0 Å². The van der Waals surface area contributed by atoms with Crippen LogP contribution in [0.1, 0.15) is 6.42 Å². The van der Waals surface area contributed by atoms with Gasteiger partial charge in [0.05, 0.1) is 6.42 Å². The van der Waals surface area contributed by atoms with Gasteiger partial charge in [-0.3, -0.25) is 4.79 Å². The van der Waals surface area contributed by atoms with Crippen LogP contribution in [0.5, 0.6) is 0 Å². The monoisotopic (exact) mass is 118 g/mol. The summed E-state index contributed by atoms with van der Waals surface area (Å²) < 4.78 is 11.2. The van der Waals surface area contributed by atoms with Crippen LogP contribution in [0.25, 0.3) is 0 Å². The molecule has 8 heavy (non-hydrogen) atoms. The lowest BCUT2D eigenvalue weighted by atomic mass is 10.4. The normalized spacial score (nSPS) is 10.1. The van der Waals surface area contributed by atoms with E-state index in [1.165, 1.54) is 12.2 Å². The van der Waals surface area contributed by atoms with Crippen molar-refractivity contribution in [1.29, 1.82) is 0 Å². The summed E-state index contributed by atoms with van der Waals surface area (Å²) >= 11 is 0. The highest BCUT2D eigenvalue weighted by molar-refractivity contribution is 5.68. The highest BCUT2D eigenvalue weighted by Gasteiger charge is 1.86. The van der Waals surface area contributed by atoms with E-state index in [2.05, 4.69) is 0 Å². The average molecular weight is 118 g/mol. The zero-order chi connectivity index (χ0) is 6.41. The molecule has 3 heteroatoms. The Morgan fingerprint density at radius 1 is 1.62 bits per heavy atom. The Morgan fingerprint density at radius 2 is 2.25 bits per heavy atom. The Labute approximate surface area is 46.6 Å². The number of halogens is 1. The van der Waals surface area contributed by atoms with Crippen LogP contribution < -0.4 is 0 Å². The molecule has 0 saturated carbocycles. The van der Waals surface area contributed by atoms with Gasteiger partial charge in [-0.25, -0.2) is 4.39 Å². The highest BCUT2D eigenvalue weighted by Crippen LogP contribution is 1.81. The molecule has 0 aromatic rings. The lowest BCUT2D eigenvalue weighted by molar-refractivity contribution is -0.136. The topological polar surface area (TPSA) is 37.3 Å². The fraction of sp³-hybridized carbons (Fsp3) is 0.400. The predicted octanol–water partition coefficient (Wildman–Crippen LogP) is 0.987. The third-order valence-electron chi connectivity index (χ3n) is 0.548. The summed E-state index contributed by atoms with van der Waals surface area (Å²) in [6.07, 6.45) is 2.36. The minimum Gasteiger partial charge on any atom is -0.481 e. The third-order valence-corrected chi connectivity index (χ3v) is 0.548. The van der Waals surface area contributed by atoms with Gasteiger partial charge < -0.3 is 5.11 Å². The Bertz CT molecular complexity index is 98.6. The van der Waals surface area contributed by atoms with Crippen LogP contribution in [0.4, 0.5) is 4.39 Å². The minimum atomic E-state index is -0.935. The number of hydrogen-bond donors (Lipinski definition) is 1. The van der Waals surface area contributed by atoms with Crippen molar-refractivity contribution in [2.45, 2.75) is 6.42 Å². The number of carboxylic acid groups (broad SMARTS) is 1. The van der Waals surface area contributed by atoms with E-state index in [4.69, 9.17) is 5.11 Å². The first-order valence-electron chi connectivity index (χ1n) is 2.20. The van der Waals surface area contributed by atoms with Crippen LogP contribution in [0.15, 0.2) is 12.2 Å². The Kier molecular flexibility index (Phi) is 3.84. The second-order valence-corrected chi connectivity index (χ2v) is 1.22. The van der Waals surface area contributed by atoms with Gasteiger partial charge in [-0.2, -0.15) is 0 Å². The third kappa shape index (κ3) is 5.14. The zero-order valence-electron chi connectivity index (χ0n) is 4.30. The van der Waals surface area contributed by atoms with Crippen molar-refractivity contribution in [2.75, 3.05) is 6.67 Å². The number of carboxylic acids is 1. The molecule has 0 aromatic carbocycles. The summed E-state index contributed by atoms with van der Waals surface area (Å²) in [4.78, 5) is 9.70. The molecule has 0 aliphatic heterocycles. The Morgan fingerprint density at radius 3 is 2.62 bits per heavy atom. The van der Waals surface area contributed by atoms with Gasteiger partial charge in [0.25, 0.3) is 0 Å². The van der Waals surface area contributed by atoms with Crippen LogP contribution in [-0.2, 0) is 4.79 Å². The summed E-state index contributed by atoms with van der Waals surface area (Å²) in [7, 11) is 0. The predicted molar refractivity (Wildman–Crippen MR) is 27.4 cm³/mol. The highest BCUT2D eigenvalue weighted by atomic mass is 19.1. The molecule has 0 aliphatic carbocycles. The first-order valence-corrected chi connectivity index (χ1v) is 2.20. The van der Waals surface area contributed by atoms with Crippen molar-refractivity contribution in [2.24, 2.45) is 0 Å². The zero-order valence-corrected chi connectivity index (χ0v) is 4.30.